The average Bonchev–Trinajstić information content (AvgIpc) is 3.30. The predicted molar refractivity (Wildman–Crippen MR) is 138 cm³/mol. The monoisotopic (exact) mass is 496 g/mol. The number of hydrogen-bond donors (Lipinski definition) is 1. The maximum absolute atomic E-state index is 14.0. The summed E-state index contributed by atoms with van der Waals surface area (Å²) in [6, 6.07) is 2.42. The normalized spacial score (nSPS) is 24.8. The zero-order chi connectivity index (χ0) is 25.8. The Bertz CT molecular complexity index is 1120. The van der Waals surface area contributed by atoms with Gasteiger partial charge in [-0.05, 0) is 66.4 Å². The first kappa shape index (κ1) is 25.0. The molecule has 2 saturated heterocycles. The van der Waals surface area contributed by atoms with Crippen LogP contribution in [0, 0.1) is 19.8 Å². The van der Waals surface area contributed by atoms with Gasteiger partial charge in [-0.3, -0.25) is 4.90 Å². The first-order valence-corrected chi connectivity index (χ1v) is 13.2. The van der Waals surface area contributed by atoms with Crippen LogP contribution in [0.2, 0.25) is 0 Å². The number of ether oxygens (including phenoxy) is 1. The standard InChI is InChI=1S/C26H40N8O2/c1-16-11-17(2)29-24(28-16)34-22-21(23(27)30-34)15-33(26(22,5)6)25(35)32-13-18(3)31(12-19(32)4)14-20-7-9-36-10-8-20/h11,18-20H,7-10,12-15H2,1-6H3,(H2,27,30)/t18-,19+/m1/s1. The largest absolute Gasteiger partial charge is 0.382 e. The number of nitrogens with zero attached hydrogens (tertiary/aromatic N) is 7. The van der Waals surface area contributed by atoms with E-state index in [-0.39, 0.29) is 12.1 Å². The van der Waals surface area contributed by atoms with Gasteiger partial charge in [-0.1, -0.05) is 0 Å². The van der Waals surface area contributed by atoms with Crippen LogP contribution in [-0.4, -0.2) is 85.4 Å². The predicted octanol–water partition coefficient (Wildman–Crippen LogP) is 2.85. The third-order valence-corrected chi connectivity index (χ3v) is 8.17. The molecule has 0 aromatic carbocycles. The molecule has 36 heavy (non-hydrogen) atoms. The zero-order valence-electron chi connectivity index (χ0n) is 22.5. The minimum Gasteiger partial charge on any atom is -0.382 e. The van der Waals surface area contributed by atoms with E-state index in [1.165, 1.54) is 0 Å². The van der Waals surface area contributed by atoms with E-state index in [1.54, 1.807) is 4.68 Å². The highest BCUT2D eigenvalue weighted by Crippen LogP contribution is 2.43. The summed E-state index contributed by atoms with van der Waals surface area (Å²) < 4.78 is 7.27. The van der Waals surface area contributed by atoms with Crippen LogP contribution < -0.4 is 5.73 Å². The van der Waals surface area contributed by atoms with Gasteiger partial charge in [0, 0.05) is 61.9 Å². The second kappa shape index (κ2) is 9.30. The van der Waals surface area contributed by atoms with E-state index in [9.17, 15) is 4.79 Å². The van der Waals surface area contributed by atoms with E-state index in [4.69, 9.17) is 10.5 Å². The number of aryl methyl sites for hydroxylation is 2. The molecule has 196 valence electrons. The number of rotatable bonds is 3. The van der Waals surface area contributed by atoms with E-state index in [1.807, 2.05) is 29.7 Å². The van der Waals surface area contributed by atoms with Gasteiger partial charge < -0.3 is 20.3 Å². The summed E-state index contributed by atoms with van der Waals surface area (Å²) in [5.74, 6) is 1.60. The maximum Gasteiger partial charge on any atom is 0.321 e. The van der Waals surface area contributed by atoms with Crippen LogP contribution in [0.1, 0.15) is 63.2 Å². The Morgan fingerprint density at radius 3 is 2.44 bits per heavy atom. The molecule has 10 nitrogen and oxygen atoms in total. The Hall–Kier alpha value is -2.72. The van der Waals surface area contributed by atoms with Gasteiger partial charge in [0.1, 0.15) is 0 Å². The number of fused-ring (bicyclic) bond motifs is 1. The molecular formula is C26H40N8O2. The Kier molecular flexibility index (Phi) is 6.45. The van der Waals surface area contributed by atoms with Crippen molar-refractivity contribution in [2.24, 2.45) is 5.92 Å². The topological polar surface area (TPSA) is 106 Å². The Labute approximate surface area is 213 Å². The number of nitrogens with two attached hydrogens (primary N) is 1. The Balaban J connectivity index is 1.36. The molecule has 0 saturated carbocycles. The van der Waals surface area contributed by atoms with Crippen molar-refractivity contribution in [2.45, 2.75) is 78.6 Å². The van der Waals surface area contributed by atoms with E-state index in [0.717, 1.165) is 61.8 Å². The van der Waals surface area contributed by atoms with Gasteiger partial charge in [-0.2, -0.15) is 4.68 Å². The van der Waals surface area contributed by atoms with Gasteiger partial charge in [0.15, 0.2) is 5.82 Å². The summed E-state index contributed by atoms with van der Waals surface area (Å²) in [5, 5.41) is 4.58. The van der Waals surface area contributed by atoms with Crippen LogP contribution >= 0.6 is 0 Å². The van der Waals surface area contributed by atoms with Crippen LogP contribution in [0.3, 0.4) is 0 Å². The van der Waals surface area contributed by atoms with Gasteiger partial charge >= 0.3 is 6.03 Å². The number of piperazine rings is 1. The minimum absolute atomic E-state index is 0.0496. The van der Waals surface area contributed by atoms with Crippen LogP contribution in [0.25, 0.3) is 5.95 Å². The molecule has 0 spiro atoms. The second-order valence-corrected chi connectivity index (χ2v) is 11.4. The molecule has 3 aliphatic heterocycles. The molecule has 10 heteroatoms. The second-order valence-electron chi connectivity index (χ2n) is 11.4. The lowest BCUT2D eigenvalue weighted by atomic mass is 9.97. The maximum atomic E-state index is 14.0. The molecule has 3 aliphatic rings. The highest BCUT2D eigenvalue weighted by molar-refractivity contribution is 5.78. The van der Waals surface area contributed by atoms with Crippen molar-refractivity contribution in [1.82, 2.24) is 34.4 Å². The van der Waals surface area contributed by atoms with Crippen molar-refractivity contribution in [3.8, 4) is 5.95 Å². The fourth-order valence-electron chi connectivity index (χ4n) is 6.12. The van der Waals surface area contributed by atoms with Crippen molar-refractivity contribution in [3.05, 3.63) is 28.7 Å². The van der Waals surface area contributed by atoms with Gasteiger partial charge in [-0.15, -0.1) is 5.10 Å². The summed E-state index contributed by atoms with van der Waals surface area (Å²) in [6.45, 7) is 17.3. The third kappa shape index (κ3) is 4.34. The first-order valence-electron chi connectivity index (χ1n) is 13.2. The van der Waals surface area contributed by atoms with Crippen molar-refractivity contribution in [3.63, 3.8) is 0 Å². The summed E-state index contributed by atoms with van der Waals surface area (Å²) in [5.41, 5.74) is 9.26. The molecule has 2 N–H and O–H groups in total. The van der Waals surface area contributed by atoms with Crippen LogP contribution in [0.4, 0.5) is 10.6 Å². The third-order valence-electron chi connectivity index (χ3n) is 8.17. The highest BCUT2D eigenvalue weighted by atomic mass is 16.5. The van der Waals surface area contributed by atoms with Crippen LogP contribution in [0.15, 0.2) is 6.07 Å². The minimum atomic E-state index is -0.611. The number of nitrogen functional groups attached to an aromatic ring is 1. The molecule has 0 radical (unpaired) electrons. The Morgan fingerprint density at radius 2 is 1.78 bits per heavy atom. The van der Waals surface area contributed by atoms with E-state index in [2.05, 4.69) is 47.7 Å². The summed E-state index contributed by atoms with van der Waals surface area (Å²) >= 11 is 0. The van der Waals surface area contributed by atoms with E-state index in [0.29, 0.717) is 36.8 Å². The van der Waals surface area contributed by atoms with E-state index < -0.39 is 5.54 Å². The molecule has 5 rings (SSSR count). The van der Waals surface area contributed by atoms with Gasteiger partial charge in [0.2, 0.25) is 0 Å². The van der Waals surface area contributed by atoms with Crippen molar-refractivity contribution >= 4 is 11.8 Å². The van der Waals surface area contributed by atoms with Gasteiger partial charge in [-0.25, -0.2) is 14.8 Å². The molecule has 2 amide bonds. The summed E-state index contributed by atoms with van der Waals surface area (Å²) in [4.78, 5) is 29.8. The lowest BCUT2D eigenvalue weighted by Crippen LogP contribution is -2.62. The molecular weight excluding hydrogens is 456 g/mol. The molecule has 0 aliphatic carbocycles. The number of aromatic nitrogens is 4. The number of carbonyl (C=O) groups excluding carboxylic acids is 1. The number of anilines is 1. The smallest absolute Gasteiger partial charge is 0.321 e. The fourth-order valence-corrected chi connectivity index (χ4v) is 6.12. The number of hydrogen-bond acceptors (Lipinski definition) is 7. The zero-order valence-corrected chi connectivity index (χ0v) is 22.5. The van der Waals surface area contributed by atoms with Crippen molar-refractivity contribution in [2.75, 3.05) is 38.6 Å². The highest BCUT2D eigenvalue weighted by Gasteiger charge is 2.48. The molecule has 2 aromatic heterocycles. The average molecular weight is 497 g/mol. The first-order chi connectivity index (χ1) is 17.1. The Morgan fingerprint density at radius 1 is 1.11 bits per heavy atom. The fraction of sp³-hybridized carbons (Fsp3) is 0.692. The van der Waals surface area contributed by atoms with E-state index >= 15 is 0 Å². The summed E-state index contributed by atoms with van der Waals surface area (Å²) in [6.07, 6.45) is 2.26. The SMILES string of the molecule is Cc1cc(C)nc(-n2nc(N)c3c2C(C)(C)N(C(=O)N2C[C@@H](C)N(CC4CCOCC4)C[C@@H]2C)C3)n1. The van der Waals surface area contributed by atoms with Gasteiger partial charge in [0.05, 0.1) is 17.8 Å². The molecule has 5 heterocycles. The summed E-state index contributed by atoms with van der Waals surface area (Å²) in [7, 11) is 0. The van der Waals surface area contributed by atoms with Crippen molar-refractivity contribution in [1.29, 1.82) is 0 Å². The number of carbonyl (C=O) groups is 1. The molecule has 0 bridgehead atoms. The number of amides is 2. The molecule has 2 fully saturated rings. The molecule has 0 unspecified atom stereocenters. The lowest BCUT2D eigenvalue weighted by Gasteiger charge is -2.47. The number of urea groups is 1. The van der Waals surface area contributed by atoms with Gasteiger partial charge in [0.25, 0.3) is 5.95 Å². The van der Waals surface area contributed by atoms with Crippen LogP contribution in [-0.2, 0) is 16.8 Å². The van der Waals surface area contributed by atoms with Crippen LogP contribution in [0.5, 0.6) is 0 Å². The lowest BCUT2D eigenvalue weighted by molar-refractivity contribution is 0.00871. The molecule has 2 atom stereocenters. The molecule has 2 aromatic rings. The van der Waals surface area contributed by atoms with Crippen molar-refractivity contribution < 1.29 is 9.53 Å². The quantitative estimate of drug-likeness (QED) is 0.696.